The zero-order valence-corrected chi connectivity index (χ0v) is 14.0. The number of nitrogens with one attached hydrogen (secondary N) is 1. The van der Waals surface area contributed by atoms with E-state index in [2.05, 4.69) is 53.5 Å². The highest BCUT2D eigenvalue weighted by Crippen LogP contribution is 2.33. The molecule has 0 radical (unpaired) electrons. The molecule has 102 valence electrons. The molecular formula is C15H24BrNS. The van der Waals surface area contributed by atoms with E-state index in [0.717, 1.165) is 24.3 Å². The first-order valence-electron chi connectivity index (χ1n) is 7.02. The Bertz CT molecular complexity index is 374. The highest BCUT2D eigenvalue weighted by Gasteiger charge is 2.30. The number of thiophene rings is 1. The molecule has 0 spiro atoms. The van der Waals surface area contributed by atoms with E-state index in [1.165, 1.54) is 28.6 Å². The minimum Gasteiger partial charge on any atom is -0.309 e. The Kier molecular flexibility index (Phi) is 5.28. The zero-order valence-electron chi connectivity index (χ0n) is 11.6. The average Bonchev–Trinajstić information content (AvgIpc) is 2.72. The molecule has 0 aromatic carbocycles. The summed E-state index contributed by atoms with van der Waals surface area (Å²) in [5.41, 5.74) is 0. The van der Waals surface area contributed by atoms with Crippen molar-refractivity contribution in [3.8, 4) is 0 Å². The van der Waals surface area contributed by atoms with Gasteiger partial charge in [0.05, 0.1) is 0 Å². The van der Waals surface area contributed by atoms with Crippen LogP contribution >= 0.6 is 27.3 Å². The van der Waals surface area contributed by atoms with E-state index in [1.54, 1.807) is 0 Å². The van der Waals surface area contributed by atoms with Gasteiger partial charge in [0.1, 0.15) is 0 Å². The van der Waals surface area contributed by atoms with Crippen molar-refractivity contribution in [3.63, 3.8) is 0 Å². The summed E-state index contributed by atoms with van der Waals surface area (Å²) in [5, 5.41) is 5.97. The van der Waals surface area contributed by atoms with Gasteiger partial charge in [-0.15, -0.1) is 11.3 Å². The first kappa shape index (κ1) is 14.5. The Morgan fingerprint density at radius 2 is 2.22 bits per heavy atom. The predicted octanol–water partition coefficient (Wildman–Crippen LogP) is 5.06. The van der Waals surface area contributed by atoms with Crippen molar-refractivity contribution in [3.05, 3.63) is 20.8 Å². The summed E-state index contributed by atoms with van der Waals surface area (Å²) >= 11 is 5.36. The lowest BCUT2D eigenvalue weighted by molar-refractivity contribution is 0.169. The zero-order chi connectivity index (χ0) is 13.1. The first-order valence-corrected chi connectivity index (χ1v) is 8.69. The summed E-state index contributed by atoms with van der Waals surface area (Å²) < 4.78 is 1.21. The average molecular weight is 330 g/mol. The van der Waals surface area contributed by atoms with Crippen molar-refractivity contribution in [2.75, 3.05) is 0 Å². The Morgan fingerprint density at radius 1 is 1.44 bits per heavy atom. The molecule has 2 rings (SSSR count). The second kappa shape index (κ2) is 6.53. The molecule has 1 fully saturated rings. The van der Waals surface area contributed by atoms with E-state index >= 15 is 0 Å². The number of hydrogen-bond donors (Lipinski definition) is 1. The molecule has 3 heteroatoms. The van der Waals surface area contributed by atoms with Crippen LogP contribution in [0.4, 0.5) is 0 Å². The Labute approximate surface area is 123 Å². The van der Waals surface area contributed by atoms with Crippen molar-refractivity contribution < 1.29 is 0 Å². The summed E-state index contributed by atoms with van der Waals surface area (Å²) in [6, 6.07) is 2.93. The molecule has 3 unspecified atom stereocenters. The summed E-state index contributed by atoms with van der Waals surface area (Å²) in [4.78, 5) is 1.43. The lowest BCUT2D eigenvalue weighted by Gasteiger charge is -2.38. The fourth-order valence-corrected chi connectivity index (χ4v) is 4.52. The van der Waals surface area contributed by atoms with E-state index in [-0.39, 0.29) is 0 Å². The van der Waals surface area contributed by atoms with Gasteiger partial charge in [0.25, 0.3) is 0 Å². The van der Waals surface area contributed by atoms with Crippen LogP contribution in [0.25, 0.3) is 0 Å². The van der Waals surface area contributed by atoms with Gasteiger partial charge in [-0.3, -0.25) is 0 Å². The lowest BCUT2D eigenvalue weighted by Crippen LogP contribution is -2.42. The van der Waals surface area contributed by atoms with E-state index in [0.29, 0.717) is 6.04 Å². The maximum Gasteiger partial charge on any atom is 0.0302 e. The van der Waals surface area contributed by atoms with Gasteiger partial charge in [-0.05, 0) is 52.6 Å². The van der Waals surface area contributed by atoms with Crippen molar-refractivity contribution in [2.45, 2.75) is 52.6 Å². The smallest absolute Gasteiger partial charge is 0.0302 e. The molecule has 0 bridgehead atoms. The molecule has 3 atom stereocenters. The summed E-state index contributed by atoms with van der Waals surface area (Å²) in [6.45, 7) is 8.16. The van der Waals surface area contributed by atoms with E-state index in [4.69, 9.17) is 0 Å². The maximum atomic E-state index is 3.80. The number of rotatable bonds is 4. The van der Waals surface area contributed by atoms with Gasteiger partial charge in [0, 0.05) is 27.3 Å². The molecule has 1 aromatic heterocycles. The molecule has 0 amide bonds. The standard InChI is InChI=1S/C15H24BrNS/c1-10(2)14-5-4-11(3)6-15(14)17-8-13-7-12(16)9-18-13/h7,9-11,14-15,17H,4-6,8H2,1-3H3. The Balaban J connectivity index is 1.92. The second-order valence-corrected chi connectivity index (χ2v) is 7.96. The monoisotopic (exact) mass is 329 g/mol. The minimum atomic E-state index is 0.703. The molecule has 1 heterocycles. The van der Waals surface area contributed by atoms with Gasteiger partial charge in [-0.2, -0.15) is 0 Å². The van der Waals surface area contributed by atoms with Gasteiger partial charge in [-0.25, -0.2) is 0 Å². The minimum absolute atomic E-state index is 0.703. The van der Waals surface area contributed by atoms with Crippen molar-refractivity contribution in [1.82, 2.24) is 5.32 Å². The molecule has 1 aliphatic rings. The third kappa shape index (κ3) is 3.82. The van der Waals surface area contributed by atoms with E-state index in [9.17, 15) is 0 Å². The molecule has 0 aliphatic heterocycles. The van der Waals surface area contributed by atoms with Crippen LogP contribution in [0.15, 0.2) is 15.9 Å². The van der Waals surface area contributed by atoms with Gasteiger partial charge in [0.15, 0.2) is 0 Å². The quantitative estimate of drug-likeness (QED) is 0.813. The molecular weight excluding hydrogens is 306 g/mol. The molecule has 1 aliphatic carbocycles. The Morgan fingerprint density at radius 3 is 2.83 bits per heavy atom. The fourth-order valence-electron chi connectivity index (χ4n) is 3.12. The topological polar surface area (TPSA) is 12.0 Å². The van der Waals surface area contributed by atoms with E-state index in [1.807, 2.05) is 11.3 Å². The van der Waals surface area contributed by atoms with Crippen LogP contribution in [0.3, 0.4) is 0 Å². The fraction of sp³-hybridized carbons (Fsp3) is 0.733. The molecule has 1 aromatic rings. The first-order chi connectivity index (χ1) is 8.56. The number of hydrogen-bond acceptors (Lipinski definition) is 2. The predicted molar refractivity (Wildman–Crippen MR) is 84.0 cm³/mol. The SMILES string of the molecule is CC1CCC(C(C)C)C(NCc2cc(Br)cs2)C1. The van der Waals surface area contributed by atoms with Crippen molar-refractivity contribution in [2.24, 2.45) is 17.8 Å². The summed E-state index contributed by atoms with van der Waals surface area (Å²) in [6.07, 6.45) is 4.14. The van der Waals surface area contributed by atoms with Crippen molar-refractivity contribution in [1.29, 1.82) is 0 Å². The molecule has 18 heavy (non-hydrogen) atoms. The van der Waals surface area contributed by atoms with Gasteiger partial charge in [0.2, 0.25) is 0 Å². The van der Waals surface area contributed by atoms with Gasteiger partial charge < -0.3 is 5.32 Å². The summed E-state index contributed by atoms with van der Waals surface area (Å²) in [5.74, 6) is 2.53. The van der Waals surface area contributed by atoms with Gasteiger partial charge >= 0.3 is 0 Å². The van der Waals surface area contributed by atoms with Crippen LogP contribution in [0.5, 0.6) is 0 Å². The van der Waals surface area contributed by atoms with Crippen LogP contribution in [-0.4, -0.2) is 6.04 Å². The van der Waals surface area contributed by atoms with E-state index < -0.39 is 0 Å². The van der Waals surface area contributed by atoms with Gasteiger partial charge in [-0.1, -0.05) is 27.2 Å². The third-order valence-corrected chi connectivity index (χ3v) is 5.88. The van der Waals surface area contributed by atoms with Crippen LogP contribution < -0.4 is 5.32 Å². The van der Waals surface area contributed by atoms with Crippen LogP contribution in [0.2, 0.25) is 0 Å². The van der Waals surface area contributed by atoms with Crippen LogP contribution in [0, 0.1) is 17.8 Å². The highest BCUT2D eigenvalue weighted by atomic mass is 79.9. The molecule has 0 saturated heterocycles. The number of halogens is 1. The van der Waals surface area contributed by atoms with Crippen LogP contribution in [0.1, 0.15) is 44.9 Å². The normalized spacial score (nSPS) is 28.8. The second-order valence-electron chi connectivity index (χ2n) is 6.04. The largest absolute Gasteiger partial charge is 0.309 e. The lowest BCUT2D eigenvalue weighted by atomic mass is 9.74. The summed E-state index contributed by atoms with van der Waals surface area (Å²) in [7, 11) is 0. The molecule has 1 N–H and O–H groups in total. The van der Waals surface area contributed by atoms with Crippen molar-refractivity contribution >= 4 is 27.3 Å². The molecule has 1 nitrogen and oxygen atoms in total. The third-order valence-electron chi connectivity index (χ3n) is 4.18. The molecule has 1 saturated carbocycles. The maximum absolute atomic E-state index is 3.80. The van der Waals surface area contributed by atoms with Crippen LogP contribution in [-0.2, 0) is 6.54 Å². The highest BCUT2D eigenvalue weighted by molar-refractivity contribution is 9.10. The Hall–Kier alpha value is 0.140.